The van der Waals surface area contributed by atoms with E-state index in [0.29, 0.717) is 19.4 Å². The number of hydrogen-bond acceptors (Lipinski definition) is 4. The van der Waals surface area contributed by atoms with Gasteiger partial charge in [0, 0.05) is 13.2 Å². The van der Waals surface area contributed by atoms with Gasteiger partial charge in [0.15, 0.2) is 0 Å². The zero-order chi connectivity index (χ0) is 13.9. The molecule has 1 saturated heterocycles. The van der Waals surface area contributed by atoms with Gasteiger partial charge in [-0.05, 0) is 25.7 Å². The molecular formula is C12H21NO5S. The number of carboxylic acid groups (broad SMARTS) is 1. The van der Waals surface area contributed by atoms with Crippen LogP contribution in [0, 0.1) is 5.41 Å². The first kappa shape index (κ1) is 14.7. The Morgan fingerprint density at radius 3 is 2.53 bits per heavy atom. The minimum absolute atomic E-state index is 0.00259. The Kier molecular flexibility index (Phi) is 4.47. The molecule has 2 N–H and O–H groups in total. The molecule has 1 saturated carbocycles. The molecule has 0 spiro atoms. The molecule has 1 aliphatic carbocycles. The highest BCUT2D eigenvalue weighted by atomic mass is 32.2. The Labute approximate surface area is 113 Å². The summed E-state index contributed by atoms with van der Waals surface area (Å²) < 4.78 is 31.6. The molecule has 2 rings (SSSR count). The smallest absolute Gasteiger partial charge is 0.310 e. The third-order valence-corrected chi connectivity index (χ3v) is 5.47. The third kappa shape index (κ3) is 3.67. The van der Waals surface area contributed by atoms with Gasteiger partial charge in [0.1, 0.15) is 0 Å². The quantitative estimate of drug-likeness (QED) is 0.752. The molecule has 6 nitrogen and oxygen atoms in total. The molecule has 0 radical (unpaired) electrons. The summed E-state index contributed by atoms with van der Waals surface area (Å²) in [6, 6.07) is 0. The summed E-state index contributed by atoms with van der Waals surface area (Å²) in [5, 5.41) is 9.29. The van der Waals surface area contributed by atoms with Crippen molar-refractivity contribution in [2.24, 2.45) is 5.41 Å². The number of carboxylic acids is 1. The summed E-state index contributed by atoms with van der Waals surface area (Å²) in [6.45, 7) is 0.608. The van der Waals surface area contributed by atoms with Crippen LogP contribution in [0.3, 0.4) is 0 Å². The van der Waals surface area contributed by atoms with E-state index in [1.54, 1.807) is 0 Å². The highest BCUT2D eigenvalue weighted by molar-refractivity contribution is 7.89. The van der Waals surface area contributed by atoms with Crippen molar-refractivity contribution in [2.45, 2.75) is 44.6 Å². The van der Waals surface area contributed by atoms with Crippen molar-refractivity contribution in [1.29, 1.82) is 0 Å². The van der Waals surface area contributed by atoms with Crippen LogP contribution in [0.25, 0.3) is 0 Å². The van der Waals surface area contributed by atoms with Gasteiger partial charge in [-0.15, -0.1) is 0 Å². The van der Waals surface area contributed by atoms with Gasteiger partial charge < -0.3 is 9.84 Å². The van der Waals surface area contributed by atoms with Crippen LogP contribution >= 0.6 is 0 Å². The van der Waals surface area contributed by atoms with E-state index in [1.807, 2.05) is 0 Å². The zero-order valence-electron chi connectivity index (χ0n) is 10.9. The normalized spacial score (nSPS) is 26.6. The van der Waals surface area contributed by atoms with Crippen LogP contribution < -0.4 is 4.72 Å². The van der Waals surface area contributed by atoms with Crippen LogP contribution in [-0.4, -0.2) is 44.5 Å². The predicted molar refractivity (Wildman–Crippen MR) is 69.3 cm³/mol. The van der Waals surface area contributed by atoms with E-state index in [4.69, 9.17) is 4.74 Å². The van der Waals surface area contributed by atoms with E-state index < -0.39 is 21.4 Å². The van der Waals surface area contributed by atoms with Crippen LogP contribution in [0.4, 0.5) is 0 Å². The lowest BCUT2D eigenvalue weighted by molar-refractivity contribution is -0.148. The number of rotatable bonds is 6. The second-order valence-electron chi connectivity index (χ2n) is 5.53. The largest absolute Gasteiger partial charge is 0.481 e. The number of nitrogens with one attached hydrogen (secondary N) is 1. The zero-order valence-corrected chi connectivity index (χ0v) is 11.7. The molecule has 0 aromatic heterocycles. The number of sulfonamides is 1. The molecular weight excluding hydrogens is 270 g/mol. The summed E-state index contributed by atoms with van der Waals surface area (Å²) in [7, 11) is -3.46. The minimum atomic E-state index is -3.46. The lowest BCUT2D eigenvalue weighted by atomic mass is 9.87. The van der Waals surface area contributed by atoms with Gasteiger partial charge in [0.05, 0.1) is 17.3 Å². The molecule has 2 fully saturated rings. The van der Waals surface area contributed by atoms with Crippen molar-refractivity contribution in [3.05, 3.63) is 0 Å². The lowest BCUT2D eigenvalue weighted by Crippen LogP contribution is -2.43. The predicted octanol–water partition coefficient (Wildman–Crippen LogP) is 0.730. The van der Waals surface area contributed by atoms with Crippen molar-refractivity contribution >= 4 is 16.0 Å². The van der Waals surface area contributed by atoms with Crippen LogP contribution in [0.2, 0.25) is 0 Å². The minimum Gasteiger partial charge on any atom is -0.481 e. The fraction of sp³-hybridized carbons (Fsp3) is 0.917. The van der Waals surface area contributed by atoms with Crippen LogP contribution in [-0.2, 0) is 19.6 Å². The maximum Gasteiger partial charge on any atom is 0.310 e. The number of aliphatic carboxylic acids is 1. The Hall–Kier alpha value is -0.660. The first-order chi connectivity index (χ1) is 8.94. The molecule has 2 aliphatic rings. The molecule has 1 heterocycles. The fourth-order valence-corrected chi connectivity index (χ4v) is 4.21. The maximum atomic E-state index is 11.9. The van der Waals surface area contributed by atoms with E-state index in [1.165, 1.54) is 0 Å². The molecule has 7 heteroatoms. The first-order valence-electron chi connectivity index (χ1n) is 6.76. The number of hydrogen-bond donors (Lipinski definition) is 2. The highest BCUT2D eigenvalue weighted by Crippen LogP contribution is 2.37. The van der Waals surface area contributed by atoms with Gasteiger partial charge in [-0.2, -0.15) is 0 Å². The number of carbonyl (C=O) groups is 1. The van der Waals surface area contributed by atoms with Gasteiger partial charge in [-0.3, -0.25) is 4.79 Å². The van der Waals surface area contributed by atoms with Crippen LogP contribution in [0.1, 0.15) is 38.5 Å². The van der Waals surface area contributed by atoms with E-state index >= 15 is 0 Å². The third-order valence-electron chi connectivity index (χ3n) is 4.07. The Morgan fingerprint density at radius 1 is 1.32 bits per heavy atom. The molecule has 0 aromatic rings. The fourth-order valence-electron chi connectivity index (χ4n) is 2.85. The van der Waals surface area contributed by atoms with Crippen molar-refractivity contribution in [3.63, 3.8) is 0 Å². The monoisotopic (exact) mass is 291 g/mol. The summed E-state index contributed by atoms with van der Waals surface area (Å²) in [6.07, 6.45) is 4.18. The molecule has 110 valence electrons. The standard InChI is InChI=1S/C12H21NO5S/c14-11(15)12(5-1-2-6-12)9-13-19(16,17)8-10-4-3-7-18-10/h10,13H,1-9H2,(H,14,15). The van der Waals surface area contributed by atoms with Crippen LogP contribution in [0.15, 0.2) is 0 Å². The van der Waals surface area contributed by atoms with E-state index in [-0.39, 0.29) is 18.4 Å². The maximum absolute atomic E-state index is 11.9. The van der Waals surface area contributed by atoms with Crippen molar-refractivity contribution in [1.82, 2.24) is 4.72 Å². The molecule has 19 heavy (non-hydrogen) atoms. The molecule has 1 aliphatic heterocycles. The molecule has 1 unspecified atom stereocenters. The average Bonchev–Trinajstić information content (AvgIpc) is 2.97. The summed E-state index contributed by atoms with van der Waals surface area (Å²) in [4.78, 5) is 11.3. The van der Waals surface area contributed by atoms with Gasteiger partial charge in [-0.1, -0.05) is 12.8 Å². The van der Waals surface area contributed by atoms with Crippen LogP contribution in [0.5, 0.6) is 0 Å². The summed E-state index contributed by atoms with van der Waals surface area (Å²) in [5.41, 5.74) is -0.913. The van der Waals surface area contributed by atoms with E-state index in [9.17, 15) is 18.3 Å². The van der Waals surface area contributed by atoms with Crippen molar-refractivity contribution in [3.8, 4) is 0 Å². The van der Waals surface area contributed by atoms with Gasteiger partial charge in [0.25, 0.3) is 0 Å². The highest BCUT2D eigenvalue weighted by Gasteiger charge is 2.42. The molecule has 1 atom stereocenters. The molecule has 0 bridgehead atoms. The molecule has 0 aromatic carbocycles. The second-order valence-corrected chi connectivity index (χ2v) is 7.38. The number of ether oxygens (including phenoxy) is 1. The SMILES string of the molecule is O=C(O)C1(CNS(=O)(=O)CC2CCCO2)CCCC1. The Bertz CT molecular complexity index is 421. The van der Waals surface area contributed by atoms with Gasteiger partial charge in [0.2, 0.25) is 10.0 Å². The summed E-state index contributed by atoms with van der Waals surface area (Å²) >= 11 is 0. The average molecular weight is 291 g/mol. The first-order valence-corrected chi connectivity index (χ1v) is 8.41. The Morgan fingerprint density at radius 2 is 2.00 bits per heavy atom. The lowest BCUT2D eigenvalue weighted by Gasteiger charge is -2.24. The molecule has 0 amide bonds. The second kappa shape index (κ2) is 5.76. The topological polar surface area (TPSA) is 92.7 Å². The van der Waals surface area contributed by atoms with Crippen molar-refractivity contribution in [2.75, 3.05) is 18.9 Å². The summed E-state index contributed by atoms with van der Waals surface area (Å²) in [5.74, 6) is -0.965. The Balaban J connectivity index is 1.90. The van der Waals surface area contributed by atoms with E-state index in [0.717, 1.165) is 25.7 Å². The van der Waals surface area contributed by atoms with Gasteiger partial charge in [-0.25, -0.2) is 13.1 Å². The van der Waals surface area contributed by atoms with E-state index in [2.05, 4.69) is 4.72 Å². The van der Waals surface area contributed by atoms with Crippen molar-refractivity contribution < 1.29 is 23.1 Å². The van der Waals surface area contributed by atoms with Gasteiger partial charge >= 0.3 is 5.97 Å².